The fourth-order valence-corrected chi connectivity index (χ4v) is 3.29. The lowest BCUT2D eigenvalue weighted by molar-refractivity contribution is -0.118. The number of ether oxygens (including phenoxy) is 3. The van der Waals surface area contributed by atoms with E-state index in [0.717, 1.165) is 21.5 Å². The van der Waals surface area contributed by atoms with Gasteiger partial charge in [-0.1, -0.05) is 48.0 Å². The number of anilines is 1. The Labute approximate surface area is 191 Å². The minimum absolute atomic E-state index is 0.0591. The normalized spacial score (nSPS) is 10.6. The predicted octanol–water partition coefficient (Wildman–Crippen LogP) is 6.05. The maximum atomic E-state index is 12.3. The van der Waals surface area contributed by atoms with Gasteiger partial charge in [0.2, 0.25) is 0 Å². The highest BCUT2D eigenvalue weighted by atomic mass is 79.9. The Balaban J connectivity index is 1.42. The van der Waals surface area contributed by atoms with Gasteiger partial charge in [0, 0.05) is 10.2 Å². The summed E-state index contributed by atoms with van der Waals surface area (Å²) in [7, 11) is 0. The molecule has 1 N–H and O–H groups in total. The molecule has 0 radical (unpaired) electrons. The van der Waals surface area contributed by atoms with Crippen molar-refractivity contribution in [2.45, 2.75) is 19.8 Å². The molecule has 0 saturated heterocycles. The molecule has 0 bridgehead atoms. The molecule has 0 spiro atoms. The van der Waals surface area contributed by atoms with Crippen molar-refractivity contribution in [3.05, 3.63) is 82.8 Å². The Morgan fingerprint density at radius 3 is 2.16 bits per heavy atom. The summed E-state index contributed by atoms with van der Waals surface area (Å²) < 4.78 is 18.0. The maximum absolute atomic E-state index is 12.3. The monoisotopic (exact) mass is 483 g/mol. The van der Waals surface area contributed by atoms with Crippen LogP contribution in [0.3, 0.4) is 0 Å². The lowest BCUT2D eigenvalue weighted by atomic mass is 10.0. The van der Waals surface area contributed by atoms with E-state index in [-0.39, 0.29) is 12.5 Å². The zero-order valence-electron chi connectivity index (χ0n) is 17.6. The summed E-state index contributed by atoms with van der Waals surface area (Å²) in [5.74, 6) is 2.32. The molecular weight excluding hydrogens is 458 g/mol. The highest BCUT2D eigenvalue weighted by Gasteiger charge is 2.11. The third-order valence-electron chi connectivity index (χ3n) is 4.45. The fourth-order valence-electron chi connectivity index (χ4n) is 2.91. The smallest absolute Gasteiger partial charge is 0.262 e. The number of amides is 1. The van der Waals surface area contributed by atoms with E-state index in [4.69, 9.17) is 14.2 Å². The average molecular weight is 484 g/mol. The van der Waals surface area contributed by atoms with E-state index < -0.39 is 0 Å². The van der Waals surface area contributed by atoms with E-state index in [1.54, 1.807) is 12.1 Å². The molecule has 0 aliphatic rings. The first-order chi connectivity index (χ1) is 15.0. The van der Waals surface area contributed by atoms with Gasteiger partial charge in [-0.3, -0.25) is 4.79 Å². The second-order valence-corrected chi connectivity index (χ2v) is 8.12. The quantitative estimate of drug-likeness (QED) is 0.356. The number of nitrogens with one attached hydrogen (secondary N) is 1. The third kappa shape index (κ3) is 7.33. The molecule has 3 rings (SSSR count). The summed E-state index contributed by atoms with van der Waals surface area (Å²) in [5, 5.41) is 2.83. The van der Waals surface area contributed by atoms with Gasteiger partial charge in [-0.05, 0) is 66.1 Å². The van der Waals surface area contributed by atoms with Crippen LogP contribution in [0.1, 0.15) is 25.3 Å². The second kappa shape index (κ2) is 11.4. The Hall–Kier alpha value is -2.99. The zero-order valence-corrected chi connectivity index (χ0v) is 19.2. The van der Waals surface area contributed by atoms with Crippen LogP contribution in [0.5, 0.6) is 17.2 Å². The highest BCUT2D eigenvalue weighted by molar-refractivity contribution is 9.10. The SMILES string of the molecule is CC(C)c1cc(Br)ccc1OCC(=O)Nc1ccc(OCCOc2ccccc2)cc1. The van der Waals surface area contributed by atoms with Crippen LogP contribution in [0, 0.1) is 0 Å². The van der Waals surface area contributed by atoms with Gasteiger partial charge in [0.05, 0.1) is 0 Å². The number of carbonyl (C=O) groups is 1. The number of para-hydroxylation sites is 1. The van der Waals surface area contributed by atoms with Crippen molar-refractivity contribution in [3.63, 3.8) is 0 Å². The lowest BCUT2D eigenvalue weighted by Gasteiger charge is -2.14. The highest BCUT2D eigenvalue weighted by Crippen LogP contribution is 2.29. The molecule has 3 aromatic rings. The van der Waals surface area contributed by atoms with Crippen LogP contribution in [0.4, 0.5) is 5.69 Å². The van der Waals surface area contributed by atoms with E-state index in [1.807, 2.05) is 60.7 Å². The molecule has 0 aliphatic carbocycles. The van der Waals surface area contributed by atoms with Crippen molar-refractivity contribution in [2.75, 3.05) is 25.1 Å². The first-order valence-electron chi connectivity index (χ1n) is 10.1. The molecular formula is C25H26BrNO4. The van der Waals surface area contributed by atoms with Crippen LogP contribution >= 0.6 is 15.9 Å². The number of hydrogen-bond acceptors (Lipinski definition) is 4. The van der Waals surface area contributed by atoms with Crippen LogP contribution < -0.4 is 19.5 Å². The van der Waals surface area contributed by atoms with Gasteiger partial charge >= 0.3 is 0 Å². The van der Waals surface area contributed by atoms with Crippen molar-refractivity contribution in [1.29, 1.82) is 0 Å². The Morgan fingerprint density at radius 2 is 1.52 bits per heavy atom. The molecule has 5 nitrogen and oxygen atoms in total. The fraction of sp³-hybridized carbons (Fsp3) is 0.240. The number of benzene rings is 3. The van der Waals surface area contributed by atoms with Crippen molar-refractivity contribution < 1.29 is 19.0 Å². The molecule has 31 heavy (non-hydrogen) atoms. The first-order valence-corrected chi connectivity index (χ1v) is 10.9. The van der Waals surface area contributed by atoms with Gasteiger partial charge in [-0.25, -0.2) is 0 Å². The van der Waals surface area contributed by atoms with Gasteiger partial charge in [-0.2, -0.15) is 0 Å². The van der Waals surface area contributed by atoms with Crippen molar-refractivity contribution >= 4 is 27.5 Å². The summed E-state index contributed by atoms with van der Waals surface area (Å²) in [5.41, 5.74) is 1.74. The van der Waals surface area contributed by atoms with Gasteiger partial charge in [0.15, 0.2) is 6.61 Å². The maximum Gasteiger partial charge on any atom is 0.262 e. The zero-order chi connectivity index (χ0) is 22.1. The number of halogens is 1. The van der Waals surface area contributed by atoms with E-state index >= 15 is 0 Å². The van der Waals surface area contributed by atoms with Crippen molar-refractivity contribution in [1.82, 2.24) is 0 Å². The Bertz CT molecular complexity index is 975. The molecule has 0 unspecified atom stereocenters. The van der Waals surface area contributed by atoms with E-state index in [0.29, 0.717) is 30.6 Å². The molecule has 0 atom stereocenters. The number of carbonyl (C=O) groups excluding carboxylic acids is 1. The minimum Gasteiger partial charge on any atom is -0.490 e. The Morgan fingerprint density at radius 1 is 0.871 bits per heavy atom. The van der Waals surface area contributed by atoms with Crippen LogP contribution in [0.15, 0.2) is 77.3 Å². The van der Waals surface area contributed by atoms with Gasteiger partial charge in [0.25, 0.3) is 5.91 Å². The van der Waals surface area contributed by atoms with Crippen molar-refractivity contribution in [2.24, 2.45) is 0 Å². The van der Waals surface area contributed by atoms with E-state index in [2.05, 4.69) is 35.1 Å². The largest absolute Gasteiger partial charge is 0.490 e. The topological polar surface area (TPSA) is 56.8 Å². The van der Waals surface area contributed by atoms with Crippen LogP contribution in [-0.4, -0.2) is 25.7 Å². The second-order valence-electron chi connectivity index (χ2n) is 7.21. The lowest BCUT2D eigenvalue weighted by Crippen LogP contribution is -2.20. The molecule has 6 heteroatoms. The van der Waals surface area contributed by atoms with E-state index in [9.17, 15) is 4.79 Å². The summed E-state index contributed by atoms with van der Waals surface area (Å²) in [4.78, 5) is 12.3. The van der Waals surface area contributed by atoms with Gasteiger partial charge in [-0.15, -0.1) is 0 Å². The Kier molecular flexibility index (Phi) is 8.35. The van der Waals surface area contributed by atoms with Crippen LogP contribution in [0.25, 0.3) is 0 Å². The molecule has 1 amide bonds. The molecule has 3 aromatic carbocycles. The average Bonchev–Trinajstić information content (AvgIpc) is 2.77. The molecule has 0 aliphatic heterocycles. The molecule has 0 fully saturated rings. The van der Waals surface area contributed by atoms with Gasteiger partial charge < -0.3 is 19.5 Å². The van der Waals surface area contributed by atoms with Crippen molar-refractivity contribution in [3.8, 4) is 17.2 Å². The molecule has 162 valence electrons. The van der Waals surface area contributed by atoms with Gasteiger partial charge in [0.1, 0.15) is 30.5 Å². The predicted molar refractivity (Wildman–Crippen MR) is 126 cm³/mol. The summed E-state index contributed by atoms with van der Waals surface area (Å²) in [6.07, 6.45) is 0. The van der Waals surface area contributed by atoms with Crippen LogP contribution in [-0.2, 0) is 4.79 Å². The first kappa shape index (κ1) is 22.7. The summed E-state index contributed by atoms with van der Waals surface area (Å²) >= 11 is 3.47. The van der Waals surface area contributed by atoms with Crippen LogP contribution in [0.2, 0.25) is 0 Å². The summed E-state index contributed by atoms with van der Waals surface area (Å²) in [6.45, 7) is 5.00. The molecule has 0 heterocycles. The minimum atomic E-state index is -0.220. The number of hydrogen-bond donors (Lipinski definition) is 1. The summed E-state index contributed by atoms with van der Waals surface area (Å²) in [6, 6.07) is 22.6. The molecule has 0 saturated carbocycles. The number of rotatable bonds is 10. The standard InChI is InChI=1S/C25H26BrNO4/c1-18(2)23-16-19(26)8-13-24(23)31-17-25(28)27-20-9-11-22(12-10-20)30-15-14-29-21-6-4-3-5-7-21/h3-13,16,18H,14-15,17H2,1-2H3,(H,27,28). The third-order valence-corrected chi connectivity index (χ3v) is 4.95. The van der Waals surface area contributed by atoms with E-state index in [1.165, 1.54) is 0 Å². The molecule has 0 aromatic heterocycles.